The largest absolute Gasteiger partial charge is 0.381 e. The summed E-state index contributed by atoms with van der Waals surface area (Å²) in [4.78, 5) is 0. The van der Waals surface area contributed by atoms with Crippen LogP contribution in [0.1, 0.15) is 59.3 Å². The minimum Gasteiger partial charge on any atom is -0.381 e. The van der Waals surface area contributed by atoms with Crippen molar-refractivity contribution in [3.8, 4) is 0 Å². The third-order valence-corrected chi connectivity index (χ3v) is 5.56. The Labute approximate surface area is 126 Å². The molecule has 1 aliphatic heterocycles. The molecule has 0 aromatic heterocycles. The molecule has 2 fully saturated rings. The molecule has 0 amide bonds. The molecule has 0 bridgehead atoms. The lowest BCUT2D eigenvalue weighted by atomic mass is 9.66. The third-order valence-electron chi connectivity index (χ3n) is 5.56. The Hall–Kier alpha value is -0.0800. The van der Waals surface area contributed by atoms with Crippen molar-refractivity contribution in [1.82, 2.24) is 5.32 Å². The Morgan fingerprint density at radius 1 is 1.10 bits per heavy atom. The lowest BCUT2D eigenvalue weighted by molar-refractivity contribution is 0.0139. The zero-order chi connectivity index (χ0) is 14.4. The van der Waals surface area contributed by atoms with Gasteiger partial charge in [0.05, 0.1) is 0 Å². The highest BCUT2D eigenvalue weighted by Gasteiger charge is 2.35. The van der Waals surface area contributed by atoms with Gasteiger partial charge in [-0.25, -0.2) is 0 Å². The van der Waals surface area contributed by atoms with Gasteiger partial charge in [-0.3, -0.25) is 0 Å². The molecule has 1 aliphatic carbocycles. The molecule has 0 spiro atoms. The maximum Gasteiger partial charge on any atom is 0.0468 e. The molecule has 1 saturated heterocycles. The summed E-state index contributed by atoms with van der Waals surface area (Å²) in [6, 6.07) is 0. The summed E-state index contributed by atoms with van der Waals surface area (Å²) in [6.45, 7) is 11.4. The van der Waals surface area contributed by atoms with Gasteiger partial charge in [-0.1, -0.05) is 33.6 Å². The highest BCUT2D eigenvalue weighted by molar-refractivity contribution is 4.86. The Bertz CT molecular complexity index is 260. The van der Waals surface area contributed by atoms with Crippen molar-refractivity contribution in [1.29, 1.82) is 0 Å². The van der Waals surface area contributed by atoms with Crippen LogP contribution < -0.4 is 5.32 Å². The lowest BCUT2D eigenvalue weighted by Crippen LogP contribution is -2.39. The molecule has 1 N–H and O–H groups in total. The van der Waals surface area contributed by atoms with Crippen molar-refractivity contribution in [2.75, 3.05) is 26.3 Å². The summed E-state index contributed by atoms with van der Waals surface area (Å²) >= 11 is 0. The SMILES string of the molecule is CCC1CCC(CNCC(C)C)C(C2CCOCC2)C1. The van der Waals surface area contributed by atoms with Crippen molar-refractivity contribution >= 4 is 0 Å². The summed E-state index contributed by atoms with van der Waals surface area (Å²) < 4.78 is 5.58. The number of ether oxygens (including phenoxy) is 1. The van der Waals surface area contributed by atoms with Crippen LogP contribution in [0.5, 0.6) is 0 Å². The molecule has 3 unspecified atom stereocenters. The molecule has 20 heavy (non-hydrogen) atoms. The topological polar surface area (TPSA) is 21.3 Å². The predicted octanol–water partition coefficient (Wildman–Crippen LogP) is 4.10. The van der Waals surface area contributed by atoms with Crippen molar-refractivity contribution in [3.63, 3.8) is 0 Å². The average molecular weight is 281 g/mol. The van der Waals surface area contributed by atoms with Crippen LogP contribution in [0.2, 0.25) is 0 Å². The fourth-order valence-corrected chi connectivity index (χ4v) is 4.26. The quantitative estimate of drug-likeness (QED) is 0.791. The fourth-order valence-electron chi connectivity index (χ4n) is 4.26. The van der Waals surface area contributed by atoms with E-state index in [9.17, 15) is 0 Å². The van der Waals surface area contributed by atoms with E-state index in [0.717, 1.165) is 42.8 Å². The molecule has 1 saturated carbocycles. The summed E-state index contributed by atoms with van der Waals surface area (Å²) in [6.07, 6.45) is 8.39. The third kappa shape index (κ3) is 4.73. The van der Waals surface area contributed by atoms with Gasteiger partial charge in [0.15, 0.2) is 0 Å². The number of hydrogen-bond donors (Lipinski definition) is 1. The summed E-state index contributed by atoms with van der Waals surface area (Å²) in [5.74, 6) is 4.56. The van der Waals surface area contributed by atoms with E-state index >= 15 is 0 Å². The first-order valence-electron chi connectivity index (χ1n) is 8.99. The summed E-state index contributed by atoms with van der Waals surface area (Å²) in [5, 5.41) is 3.73. The Morgan fingerprint density at radius 2 is 1.85 bits per heavy atom. The normalized spacial score (nSPS) is 32.7. The minimum atomic E-state index is 0.767. The van der Waals surface area contributed by atoms with Gasteiger partial charge in [0.1, 0.15) is 0 Å². The van der Waals surface area contributed by atoms with Crippen LogP contribution in [0.15, 0.2) is 0 Å². The molecular formula is C18H35NO. The van der Waals surface area contributed by atoms with Gasteiger partial charge in [-0.15, -0.1) is 0 Å². The van der Waals surface area contributed by atoms with E-state index in [0.29, 0.717) is 0 Å². The van der Waals surface area contributed by atoms with Crippen molar-refractivity contribution in [2.45, 2.75) is 59.3 Å². The molecule has 118 valence electrons. The Morgan fingerprint density at radius 3 is 2.50 bits per heavy atom. The monoisotopic (exact) mass is 281 g/mol. The highest BCUT2D eigenvalue weighted by atomic mass is 16.5. The van der Waals surface area contributed by atoms with Crippen LogP contribution in [0.3, 0.4) is 0 Å². The van der Waals surface area contributed by atoms with Gasteiger partial charge in [0.25, 0.3) is 0 Å². The number of rotatable bonds is 6. The first-order chi connectivity index (χ1) is 9.70. The van der Waals surface area contributed by atoms with Crippen molar-refractivity contribution in [3.05, 3.63) is 0 Å². The van der Waals surface area contributed by atoms with E-state index in [1.807, 2.05) is 0 Å². The van der Waals surface area contributed by atoms with Crippen molar-refractivity contribution in [2.24, 2.45) is 29.6 Å². The van der Waals surface area contributed by atoms with E-state index in [1.165, 1.54) is 51.6 Å². The lowest BCUT2D eigenvalue weighted by Gasteiger charge is -2.42. The molecule has 2 heteroatoms. The van der Waals surface area contributed by atoms with Gasteiger partial charge in [-0.2, -0.15) is 0 Å². The van der Waals surface area contributed by atoms with Crippen LogP contribution >= 0.6 is 0 Å². The van der Waals surface area contributed by atoms with Gasteiger partial charge in [0.2, 0.25) is 0 Å². The van der Waals surface area contributed by atoms with Crippen LogP contribution in [-0.4, -0.2) is 26.3 Å². The second-order valence-electron chi connectivity index (χ2n) is 7.51. The molecular weight excluding hydrogens is 246 g/mol. The highest BCUT2D eigenvalue weighted by Crippen LogP contribution is 2.42. The molecule has 1 heterocycles. The first kappa shape index (κ1) is 16.3. The zero-order valence-electron chi connectivity index (χ0n) is 13.9. The van der Waals surface area contributed by atoms with Crippen LogP contribution in [-0.2, 0) is 4.74 Å². The Balaban J connectivity index is 1.88. The maximum atomic E-state index is 5.58. The average Bonchev–Trinajstić information content (AvgIpc) is 2.48. The van der Waals surface area contributed by atoms with E-state index < -0.39 is 0 Å². The molecule has 0 aromatic carbocycles. The Kier molecular flexibility index (Phi) is 6.83. The molecule has 2 nitrogen and oxygen atoms in total. The number of nitrogens with one attached hydrogen (secondary N) is 1. The second kappa shape index (κ2) is 8.38. The standard InChI is InChI=1S/C18H35NO/c1-4-15-5-6-17(13-19-12-14(2)3)18(11-15)16-7-9-20-10-8-16/h14-19H,4-13H2,1-3H3. The van der Waals surface area contributed by atoms with Gasteiger partial charge < -0.3 is 10.1 Å². The maximum absolute atomic E-state index is 5.58. The summed E-state index contributed by atoms with van der Waals surface area (Å²) in [7, 11) is 0. The first-order valence-corrected chi connectivity index (χ1v) is 8.99. The molecule has 3 atom stereocenters. The van der Waals surface area contributed by atoms with E-state index in [4.69, 9.17) is 4.74 Å². The molecule has 2 aliphatic rings. The summed E-state index contributed by atoms with van der Waals surface area (Å²) in [5.41, 5.74) is 0. The van der Waals surface area contributed by atoms with Crippen LogP contribution in [0.4, 0.5) is 0 Å². The smallest absolute Gasteiger partial charge is 0.0468 e. The second-order valence-corrected chi connectivity index (χ2v) is 7.51. The predicted molar refractivity (Wildman–Crippen MR) is 85.9 cm³/mol. The molecule has 0 radical (unpaired) electrons. The van der Waals surface area contributed by atoms with Gasteiger partial charge in [-0.05, 0) is 68.4 Å². The van der Waals surface area contributed by atoms with Crippen LogP contribution in [0.25, 0.3) is 0 Å². The van der Waals surface area contributed by atoms with Crippen LogP contribution in [0, 0.1) is 29.6 Å². The molecule has 0 aromatic rings. The van der Waals surface area contributed by atoms with E-state index in [1.54, 1.807) is 0 Å². The van der Waals surface area contributed by atoms with E-state index in [-0.39, 0.29) is 0 Å². The molecule has 2 rings (SSSR count). The van der Waals surface area contributed by atoms with Gasteiger partial charge >= 0.3 is 0 Å². The fraction of sp³-hybridized carbons (Fsp3) is 1.00. The van der Waals surface area contributed by atoms with Crippen molar-refractivity contribution < 1.29 is 4.74 Å². The number of hydrogen-bond acceptors (Lipinski definition) is 2. The van der Waals surface area contributed by atoms with Gasteiger partial charge in [0, 0.05) is 13.2 Å². The van der Waals surface area contributed by atoms with E-state index in [2.05, 4.69) is 26.1 Å². The zero-order valence-corrected chi connectivity index (χ0v) is 13.9. The minimum absolute atomic E-state index is 0.767.